The molecule has 1 heterocycles. The summed E-state index contributed by atoms with van der Waals surface area (Å²) in [7, 11) is 0. The average Bonchev–Trinajstić information content (AvgIpc) is 2.22. The molecule has 3 heteroatoms. The van der Waals surface area contributed by atoms with E-state index in [-0.39, 0.29) is 5.92 Å². The van der Waals surface area contributed by atoms with Gasteiger partial charge >= 0.3 is 0 Å². The molecular formula is C5H7F2N. The fourth-order valence-corrected chi connectivity index (χ4v) is 1.42. The van der Waals surface area contributed by atoms with E-state index in [9.17, 15) is 8.78 Å². The van der Waals surface area contributed by atoms with E-state index in [1.165, 1.54) is 0 Å². The quantitative estimate of drug-likeness (QED) is 0.492. The molecule has 46 valence electrons. The van der Waals surface area contributed by atoms with Crippen molar-refractivity contribution in [1.82, 2.24) is 5.32 Å². The van der Waals surface area contributed by atoms with E-state index in [1.807, 2.05) is 0 Å². The van der Waals surface area contributed by atoms with Crippen molar-refractivity contribution in [1.29, 1.82) is 0 Å². The van der Waals surface area contributed by atoms with Gasteiger partial charge in [-0.25, -0.2) is 8.78 Å². The molecule has 0 bridgehead atoms. The van der Waals surface area contributed by atoms with E-state index in [2.05, 4.69) is 5.32 Å². The zero-order valence-corrected chi connectivity index (χ0v) is 4.32. The third-order valence-corrected chi connectivity index (χ3v) is 2.02. The van der Waals surface area contributed by atoms with Gasteiger partial charge in [-0.15, -0.1) is 0 Å². The highest BCUT2D eigenvalue weighted by Crippen LogP contribution is 2.53. The molecule has 0 aromatic carbocycles. The van der Waals surface area contributed by atoms with E-state index in [0.29, 0.717) is 6.42 Å². The van der Waals surface area contributed by atoms with Gasteiger partial charge in [-0.05, 0) is 13.0 Å². The summed E-state index contributed by atoms with van der Waals surface area (Å²) in [5.41, 5.74) is 0. The van der Waals surface area contributed by atoms with E-state index in [4.69, 9.17) is 0 Å². The summed E-state index contributed by atoms with van der Waals surface area (Å²) >= 11 is 0. The zero-order valence-electron chi connectivity index (χ0n) is 4.32. The lowest BCUT2D eigenvalue weighted by atomic mass is 10.3. The molecule has 2 rings (SSSR count). The van der Waals surface area contributed by atoms with Crippen LogP contribution in [0.1, 0.15) is 6.42 Å². The van der Waals surface area contributed by atoms with Gasteiger partial charge < -0.3 is 5.32 Å². The number of rotatable bonds is 0. The van der Waals surface area contributed by atoms with E-state index < -0.39 is 12.0 Å². The molecule has 0 amide bonds. The number of fused-ring (bicyclic) bond motifs is 1. The topological polar surface area (TPSA) is 12.0 Å². The van der Waals surface area contributed by atoms with Crippen molar-refractivity contribution in [2.24, 2.45) is 5.92 Å². The van der Waals surface area contributed by atoms with Crippen LogP contribution >= 0.6 is 0 Å². The molecule has 0 aromatic rings. The number of piperidine rings is 1. The molecule has 0 radical (unpaired) electrons. The molecule has 2 atom stereocenters. The SMILES string of the molecule is FC1(F)[C@@H]2NCC[C@@H]21. The maximum Gasteiger partial charge on any atom is 0.268 e. The van der Waals surface area contributed by atoms with Crippen molar-refractivity contribution in [3.05, 3.63) is 0 Å². The van der Waals surface area contributed by atoms with Gasteiger partial charge in [0.25, 0.3) is 5.92 Å². The first kappa shape index (κ1) is 4.68. The van der Waals surface area contributed by atoms with Gasteiger partial charge in [0, 0.05) is 5.92 Å². The number of hydrogen-bond donors (Lipinski definition) is 1. The van der Waals surface area contributed by atoms with Gasteiger partial charge in [0.1, 0.15) is 0 Å². The molecule has 8 heavy (non-hydrogen) atoms. The molecule has 2 fully saturated rings. The predicted octanol–water partition coefficient (Wildman–Crippen LogP) is 0.613. The second-order valence-electron chi connectivity index (χ2n) is 2.50. The van der Waals surface area contributed by atoms with Gasteiger partial charge in [-0.3, -0.25) is 0 Å². The highest BCUT2D eigenvalue weighted by molar-refractivity contribution is 5.14. The Bertz CT molecular complexity index is 112. The summed E-state index contributed by atoms with van der Waals surface area (Å²) in [6, 6.07) is -0.456. The lowest BCUT2D eigenvalue weighted by Gasteiger charge is -1.98. The Labute approximate surface area is 46.1 Å². The monoisotopic (exact) mass is 119 g/mol. The third kappa shape index (κ3) is 0.344. The molecule has 1 nitrogen and oxygen atoms in total. The van der Waals surface area contributed by atoms with Gasteiger partial charge in [0.05, 0.1) is 6.04 Å². The second kappa shape index (κ2) is 1.05. The Kier molecular flexibility index (Phi) is 0.615. The van der Waals surface area contributed by atoms with Gasteiger partial charge in [0.15, 0.2) is 0 Å². The van der Waals surface area contributed by atoms with Crippen LogP contribution in [0.2, 0.25) is 0 Å². The van der Waals surface area contributed by atoms with Crippen molar-refractivity contribution in [2.45, 2.75) is 18.4 Å². The Morgan fingerprint density at radius 2 is 2.25 bits per heavy atom. The van der Waals surface area contributed by atoms with Crippen molar-refractivity contribution in [2.75, 3.05) is 6.54 Å². The molecule has 1 aliphatic heterocycles. The highest BCUT2D eigenvalue weighted by Gasteiger charge is 2.69. The van der Waals surface area contributed by atoms with Crippen LogP contribution in [0, 0.1) is 5.92 Å². The van der Waals surface area contributed by atoms with Crippen LogP contribution in [-0.2, 0) is 0 Å². The summed E-state index contributed by atoms with van der Waals surface area (Å²) in [5, 5.41) is 2.73. The van der Waals surface area contributed by atoms with Crippen LogP contribution in [0.4, 0.5) is 8.78 Å². The second-order valence-corrected chi connectivity index (χ2v) is 2.50. The molecule has 1 saturated carbocycles. The zero-order chi connectivity index (χ0) is 5.78. The minimum Gasteiger partial charge on any atom is -0.308 e. The molecule has 1 aliphatic carbocycles. The van der Waals surface area contributed by atoms with Crippen molar-refractivity contribution < 1.29 is 8.78 Å². The molecule has 0 unspecified atom stereocenters. The molecule has 1 N–H and O–H groups in total. The summed E-state index contributed by atoms with van der Waals surface area (Å²) in [5.74, 6) is -2.67. The summed E-state index contributed by atoms with van der Waals surface area (Å²) < 4.78 is 24.4. The molecule has 2 aliphatic rings. The summed E-state index contributed by atoms with van der Waals surface area (Å²) in [6.45, 7) is 0.783. The first-order valence-electron chi connectivity index (χ1n) is 2.84. The molecule has 1 saturated heterocycles. The summed E-state index contributed by atoms with van der Waals surface area (Å²) in [4.78, 5) is 0. The highest BCUT2D eigenvalue weighted by atomic mass is 19.3. The minimum absolute atomic E-state index is 0.317. The fraction of sp³-hybridized carbons (Fsp3) is 1.00. The van der Waals surface area contributed by atoms with E-state index >= 15 is 0 Å². The fourth-order valence-electron chi connectivity index (χ4n) is 1.42. The van der Waals surface area contributed by atoms with Gasteiger partial charge in [-0.1, -0.05) is 0 Å². The predicted molar refractivity (Wildman–Crippen MR) is 24.8 cm³/mol. The number of alkyl halides is 2. The minimum atomic E-state index is -2.35. The van der Waals surface area contributed by atoms with Crippen molar-refractivity contribution >= 4 is 0 Å². The first-order chi connectivity index (χ1) is 3.73. The standard InChI is InChI=1S/C5H7F2N/c6-5(7)3-1-2-8-4(3)5/h3-4,8H,1-2H2/t3-,4+/m0/s1. The Morgan fingerprint density at radius 1 is 1.50 bits per heavy atom. The van der Waals surface area contributed by atoms with Crippen LogP contribution in [0.25, 0.3) is 0 Å². The first-order valence-corrected chi connectivity index (χ1v) is 2.84. The maximum atomic E-state index is 12.2. The van der Waals surface area contributed by atoms with E-state index in [1.54, 1.807) is 0 Å². The Balaban J connectivity index is 2.13. The Morgan fingerprint density at radius 3 is 2.50 bits per heavy atom. The largest absolute Gasteiger partial charge is 0.308 e. The number of halogens is 2. The average molecular weight is 119 g/mol. The molecular weight excluding hydrogens is 112 g/mol. The van der Waals surface area contributed by atoms with Crippen LogP contribution in [0.15, 0.2) is 0 Å². The maximum absolute atomic E-state index is 12.2. The van der Waals surface area contributed by atoms with Gasteiger partial charge in [-0.2, -0.15) is 0 Å². The third-order valence-electron chi connectivity index (χ3n) is 2.02. The van der Waals surface area contributed by atoms with Crippen LogP contribution in [-0.4, -0.2) is 18.5 Å². The van der Waals surface area contributed by atoms with Crippen molar-refractivity contribution in [3.63, 3.8) is 0 Å². The van der Waals surface area contributed by atoms with Crippen LogP contribution in [0.5, 0.6) is 0 Å². The van der Waals surface area contributed by atoms with Crippen LogP contribution < -0.4 is 5.32 Å². The lowest BCUT2D eigenvalue weighted by molar-refractivity contribution is 0.0805. The lowest BCUT2D eigenvalue weighted by Crippen LogP contribution is -2.20. The van der Waals surface area contributed by atoms with Crippen LogP contribution in [0.3, 0.4) is 0 Å². The molecule has 0 aromatic heterocycles. The number of hydrogen-bond acceptors (Lipinski definition) is 1. The normalized spacial score (nSPS) is 48.8. The Hall–Kier alpha value is -0.180. The summed E-state index contributed by atoms with van der Waals surface area (Å²) in [6.07, 6.45) is 0.664. The smallest absolute Gasteiger partial charge is 0.268 e. The van der Waals surface area contributed by atoms with Gasteiger partial charge in [0.2, 0.25) is 0 Å². The molecule has 0 spiro atoms. The number of nitrogens with one attached hydrogen (secondary N) is 1. The van der Waals surface area contributed by atoms with Crippen molar-refractivity contribution in [3.8, 4) is 0 Å². The van der Waals surface area contributed by atoms with E-state index in [0.717, 1.165) is 6.54 Å².